The van der Waals surface area contributed by atoms with Gasteiger partial charge in [-0.2, -0.15) is 0 Å². The largest absolute Gasteiger partial charge is 0.454 e. The van der Waals surface area contributed by atoms with Crippen LogP contribution in [0.4, 0.5) is 4.79 Å². The number of nitrogens with one attached hydrogen (secondary N) is 1. The van der Waals surface area contributed by atoms with Crippen molar-refractivity contribution >= 4 is 12.1 Å². The van der Waals surface area contributed by atoms with Crippen LogP contribution in [0.3, 0.4) is 0 Å². The van der Waals surface area contributed by atoms with Gasteiger partial charge in [0, 0.05) is 25.0 Å². The fraction of sp³-hybridized carbons (Fsp3) is 0.625. The third kappa shape index (κ3) is 10.6. The van der Waals surface area contributed by atoms with E-state index in [0.29, 0.717) is 12.3 Å². The molecule has 2 fully saturated rings. The molecule has 228 valence electrons. The maximum absolute atomic E-state index is 12.0. The Balaban J connectivity index is 1.75. The van der Waals surface area contributed by atoms with E-state index in [2.05, 4.69) is 18.0 Å². The van der Waals surface area contributed by atoms with Crippen molar-refractivity contribution in [2.45, 2.75) is 102 Å². The molecule has 0 aromatic carbocycles. The highest BCUT2D eigenvalue weighted by atomic mass is 16.7. The summed E-state index contributed by atoms with van der Waals surface area (Å²) in [5.41, 5.74) is -1.52. The van der Waals surface area contributed by atoms with Gasteiger partial charge >= 0.3 is 12.1 Å². The van der Waals surface area contributed by atoms with Crippen LogP contribution in [0.15, 0.2) is 61.3 Å². The number of aliphatic hydroxyl groups excluding tert-OH is 1. The molecule has 3 aliphatic rings. The van der Waals surface area contributed by atoms with Gasteiger partial charge in [-0.15, -0.1) is 0 Å². The average Bonchev–Trinajstić information content (AvgIpc) is 2.92. The Morgan fingerprint density at radius 1 is 1.22 bits per heavy atom. The molecule has 1 saturated heterocycles. The summed E-state index contributed by atoms with van der Waals surface area (Å²) < 4.78 is 22.9. The van der Waals surface area contributed by atoms with E-state index in [4.69, 9.17) is 18.9 Å². The first-order valence-electron chi connectivity index (χ1n) is 14.7. The molecule has 0 unspecified atom stereocenters. The highest BCUT2D eigenvalue weighted by Gasteiger charge is 2.45. The second-order valence-electron chi connectivity index (χ2n) is 11.5. The average molecular weight is 574 g/mol. The van der Waals surface area contributed by atoms with Gasteiger partial charge in [-0.25, -0.2) is 9.59 Å². The normalized spacial score (nSPS) is 31.7. The summed E-state index contributed by atoms with van der Waals surface area (Å²) in [4.78, 5) is 23.9. The van der Waals surface area contributed by atoms with E-state index in [1.807, 2.05) is 31.2 Å². The lowest BCUT2D eigenvalue weighted by atomic mass is 9.85. The van der Waals surface area contributed by atoms with E-state index in [9.17, 15) is 19.8 Å². The minimum absolute atomic E-state index is 0.0139. The minimum atomic E-state index is -1.52. The van der Waals surface area contributed by atoms with Crippen LogP contribution in [-0.4, -0.2) is 71.2 Å². The second-order valence-corrected chi connectivity index (χ2v) is 11.5. The highest BCUT2D eigenvalue weighted by Crippen LogP contribution is 2.36. The Hall–Kier alpha value is -2.72. The summed E-state index contributed by atoms with van der Waals surface area (Å²) in [6, 6.07) is 0. The van der Waals surface area contributed by atoms with Crippen LogP contribution in [0.25, 0.3) is 0 Å². The van der Waals surface area contributed by atoms with Crippen molar-refractivity contribution in [3.63, 3.8) is 0 Å². The third-order valence-corrected chi connectivity index (χ3v) is 7.70. The van der Waals surface area contributed by atoms with Crippen LogP contribution in [0.1, 0.15) is 65.7 Å². The number of esters is 1. The number of amides is 1. The summed E-state index contributed by atoms with van der Waals surface area (Å²) >= 11 is 0. The molecule has 1 saturated carbocycles. The van der Waals surface area contributed by atoms with Gasteiger partial charge in [-0.05, 0) is 57.9 Å². The summed E-state index contributed by atoms with van der Waals surface area (Å²) in [5.74, 6) is -1.07. The summed E-state index contributed by atoms with van der Waals surface area (Å²) in [7, 11) is 0. The van der Waals surface area contributed by atoms with Crippen LogP contribution in [0.2, 0.25) is 0 Å². The van der Waals surface area contributed by atoms with Crippen LogP contribution >= 0.6 is 0 Å². The van der Waals surface area contributed by atoms with Crippen LogP contribution in [0.5, 0.6) is 0 Å². The number of hydrogen-bond donors (Lipinski definition) is 3. The van der Waals surface area contributed by atoms with Crippen molar-refractivity contribution in [3.8, 4) is 0 Å². The first-order valence-corrected chi connectivity index (χ1v) is 14.7. The monoisotopic (exact) mass is 573 g/mol. The molecule has 0 aromatic rings. The zero-order valence-electron chi connectivity index (χ0n) is 24.6. The number of alkyl carbamates (subject to hydrolysis) is 1. The molecule has 3 rings (SSSR count). The van der Waals surface area contributed by atoms with Gasteiger partial charge < -0.3 is 34.5 Å². The predicted molar refractivity (Wildman–Crippen MR) is 156 cm³/mol. The Bertz CT molecular complexity index is 1000. The summed E-state index contributed by atoms with van der Waals surface area (Å²) in [6.45, 7) is 9.34. The molecular weight excluding hydrogens is 526 g/mol. The highest BCUT2D eigenvalue weighted by molar-refractivity contribution is 5.83. The lowest BCUT2D eigenvalue weighted by molar-refractivity contribution is -0.313. The first kappa shape index (κ1) is 32.8. The number of allylic oxidation sites excluding steroid dienone is 3. The molecule has 1 aliphatic carbocycles. The van der Waals surface area contributed by atoms with Crippen molar-refractivity contribution in [1.29, 1.82) is 0 Å². The van der Waals surface area contributed by atoms with Crippen molar-refractivity contribution < 1.29 is 38.7 Å². The van der Waals surface area contributed by atoms with Gasteiger partial charge in [-0.1, -0.05) is 62.5 Å². The molecule has 9 heteroatoms. The fourth-order valence-electron chi connectivity index (χ4n) is 5.54. The van der Waals surface area contributed by atoms with Gasteiger partial charge in [0.1, 0.15) is 18.3 Å². The number of aliphatic hydroxyl groups is 2. The first-order chi connectivity index (χ1) is 19.5. The van der Waals surface area contributed by atoms with E-state index in [1.165, 1.54) is 12.2 Å². The Kier molecular flexibility index (Phi) is 12.4. The van der Waals surface area contributed by atoms with Crippen LogP contribution < -0.4 is 5.32 Å². The molecule has 3 N–H and O–H groups in total. The molecule has 9 nitrogen and oxygen atoms in total. The van der Waals surface area contributed by atoms with Crippen molar-refractivity contribution in [2.75, 3.05) is 13.2 Å². The second kappa shape index (κ2) is 15.5. The lowest BCUT2D eigenvalue weighted by Crippen LogP contribution is -2.54. The van der Waals surface area contributed by atoms with Gasteiger partial charge in [0.25, 0.3) is 0 Å². The molecule has 2 heterocycles. The third-order valence-electron chi connectivity index (χ3n) is 7.70. The molecular formula is C32H47NO8. The molecule has 41 heavy (non-hydrogen) atoms. The molecule has 1 amide bonds. The number of carbonyl (C=O) groups excluding carboxylic acids is 2. The van der Waals surface area contributed by atoms with E-state index in [-0.39, 0.29) is 37.7 Å². The zero-order valence-corrected chi connectivity index (χ0v) is 24.6. The number of carbonyl (C=O) groups is 2. The van der Waals surface area contributed by atoms with Crippen LogP contribution in [-0.2, 0) is 23.7 Å². The quantitative estimate of drug-likeness (QED) is 0.175. The van der Waals surface area contributed by atoms with E-state index in [0.717, 1.165) is 32.1 Å². The maximum Gasteiger partial charge on any atom is 0.407 e. The SMILES string of the molecule is C=CCOC(=O)NCC[C@@](O)(/C=C/[C@@H]1OC(=O)C=C[C@@H]1CC)[C@H]1C[C@H](/C=C\C=C/[C@@H]2CCC[C@H](O)C2)OC(C)(C)O1. The molecule has 0 radical (unpaired) electrons. The van der Waals surface area contributed by atoms with Gasteiger partial charge in [0.15, 0.2) is 5.79 Å². The van der Waals surface area contributed by atoms with Gasteiger partial charge in [0.2, 0.25) is 0 Å². The smallest absolute Gasteiger partial charge is 0.407 e. The number of cyclic esters (lactones) is 1. The van der Waals surface area contributed by atoms with Gasteiger partial charge in [-0.3, -0.25) is 0 Å². The maximum atomic E-state index is 12.0. The Morgan fingerprint density at radius 2 is 2.00 bits per heavy atom. The fourth-order valence-corrected chi connectivity index (χ4v) is 5.54. The molecule has 7 atom stereocenters. The van der Waals surface area contributed by atoms with Crippen molar-refractivity contribution in [3.05, 3.63) is 61.3 Å². The van der Waals surface area contributed by atoms with E-state index in [1.54, 1.807) is 26.0 Å². The van der Waals surface area contributed by atoms with Crippen LogP contribution in [0, 0.1) is 11.8 Å². The van der Waals surface area contributed by atoms with E-state index >= 15 is 0 Å². The number of ether oxygens (including phenoxy) is 4. The zero-order chi connectivity index (χ0) is 29.9. The molecule has 0 bridgehead atoms. The Morgan fingerprint density at radius 3 is 2.73 bits per heavy atom. The summed E-state index contributed by atoms with van der Waals surface area (Å²) in [5, 5.41) is 24.6. The Labute approximate surface area is 244 Å². The van der Waals surface area contributed by atoms with Crippen molar-refractivity contribution in [1.82, 2.24) is 5.32 Å². The van der Waals surface area contributed by atoms with Gasteiger partial charge in [0.05, 0.1) is 18.3 Å². The number of rotatable bonds is 12. The molecule has 0 spiro atoms. The summed E-state index contributed by atoms with van der Waals surface area (Å²) in [6.07, 6.45) is 18.7. The molecule has 0 aromatic heterocycles. The molecule has 2 aliphatic heterocycles. The lowest BCUT2D eigenvalue weighted by Gasteiger charge is -2.45. The predicted octanol–water partition coefficient (Wildman–Crippen LogP) is 4.66. The standard InChI is InChI=1S/C32H47NO8/c1-5-20-38-30(36)33-19-18-32(37,17-16-27-24(6-2)14-15-29(35)39-27)28-22-26(40-31(3,4)41-28)13-8-7-10-23-11-9-12-25(34)21-23/h5,7-8,10,13-17,23-28,34,37H,1,6,9,11-12,18-22H2,2-4H3,(H,33,36)/b10-7-,13-8-,17-16+/t23-,24+,25+,26+,27+,28-,32+/m1/s1. The minimum Gasteiger partial charge on any atom is -0.454 e. The van der Waals surface area contributed by atoms with Crippen molar-refractivity contribution in [2.24, 2.45) is 11.8 Å². The van der Waals surface area contributed by atoms with E-state index < -0.39 is 35.7 Å². The topological polar surface area (TPSA) is 124 Å². The number of hydrogen-bond acceptors (Lipinski definition) is 8.